The van der Waals surface area contributed by atoms with Crippen LogP contribution in [0.3, 0.4) is 0 Å². The summed E-state index contributed by atoms with van der Waals surface area (Å²) < 4.78 is 0. The monoisotopic (exact) mass is 272 g/mol. The molecule has 19 heavy (non-hydrogen) atoms. The zero-order chi connectivity index (χ0) is 13.2. The lowest BCUT2D eigenvalue weighted by molar-refractivity contribution is 0.595. The summed E-state index contributed by atoms with van der Waals surface area (Å²) in [5, 5.41) is 7.12. The summed E-state index contributed by atoms with van der Waals surface area (Å²) in [7, 11) is 0. The van der Waals surface area contributed by atoms with Gasteiger partial charge in [0.25, 0.3) is 0 Å². The molecule has 0 spiro atoms. The molecule has 1 aliphatic rings. The molecule has 1 aromatic carbocycles. The molecule has 1 saturated carbocycles. The predicted molar refractivity (Wildman–Crippen MR) is 80.6 cm³/mol. The summed E-state index contributed by atoms with van der Waals surface area (Å²) in [6.45, 7) is 4.40. The molecule has 1 aromatic heterocycles. The molecule has 3 heteroatoms. The lowest BCUT2D eigenvalue weighted by atomic mass is 10.1. The fourth-order valence-electron chi connectivity index (χ4n) is 2.14. The van der Waals surface area contributed by atoms with Gasteiger partial charge in [-0.15, -0.1) is 11.3 Å². The Bertz CT molecular complexity index is 529. The fourth-order valence-corrected chi connectivity index (χ4v) is 3.20. The van der Waals surface area contributed by atoms with E-state index in [1.165, 1.54) is 29.1 Å². The number of nitrogens with one attached hydrogen (secondary N) is 1. The number of rotatable bonds is 5. The van der Waals surface area contributed by atoms with Gasteiger partial charge in [0.15, 0.2) is 0 Å². The van der Waals surface area contributed by atoms with Crippen LogP contribution in [0.2, 0.25) is 0 Å². The summed E-state index contributed by atoms with van der Waals surface area (Å²) >= 11 is 1.78. The highest BCUT2D eigenvalue weighted by Gasteiger charge is 2.27. The molecule has 0 amide bonds. The van der Waals surface area contributed by atoms with E-state index in [2.05, 4.69) is 54.9 Å². The molecular weight excluding hydrogens is 252 g/mol. The maximum atomic E-state index is 4.82. The van der Waals surface area contributed by atoms with Crippen LogP contribution in [0.1, 0.15) is 54.9 Å². The number of thiazole rings is 1. The van der Waals surface area contributed by atoms with E-state index in [9.17, 15) is 0 Å². The Labute approximate surface area is 118 Å². The molecule has 2 aromatic rings. The van der Waals surface area contributed by atoms with Gasteiger partial charge in [0.05, 0.1) is 11.7 Å². The minimum atomic E-state index is 0.256. The molecule has 1 aliphatic carbocycles. The first-order valence-corrected chi connectivity index (χ1v) is 7.88. The summed E-state index contributed by atoms with van der Waals surface area (Å²) in [5.41, 5.74) is 2.53. The normalized spacial score (nSPS) is 16.8. The van der Waals surface area contributed by atoms with E-state index in [1.54, 1.807) is 11.3 Å². The minimum absolute atomic E-state index is 0.256. The van der Waals surface area contributed by atoms with E-state index in [4.69, 9.17) is 4.98 Å². The van der Waals surface area contributed by atoms with E-state index < -0.39 is 0 Å². The first kappa shape index (κ1) is 12.8. The Morgan fingerprint density at radius 2 is 1.95 bits per heavy atom. The maximum absolute atomic E-state index is 4.82. The summed E-state index contributed by atoms with van der Waals surface area (Å²) in [6.07, 6.45) is 2.59. The topological polar surface area (TPSA) is 24.9 Å². The van der Waals surface area contributed by atoms with Gasteiger partial charge in [-0.25, -0.2) is 4.98 Å². The molecule has 1 N–H and O–H groups in total. The Morgan fingerprint density at radius 3 is 2.53 bits per heavy atom. The van der Waals surface area contributed by atoms with Gasteiger partial charge in [0, 0.05) is 11.4 Å². The molecule has 1 heterocycles. The number of aromatic nitrogens is 1. The van der Waals surface area contributed by atoms with Gasteiger partial charge in [-0.05, 0) is 24.3 Å². The van der Waals surface area contributed by atoms with Crippen molar-refractivity contribution >= 4 is 11.3 Å². The largest absolute Gasteiger partial charge is 0.301 e. The van der Waals surface area contributed by atoms with Gasteiger partial charge in [-0.1, -0.05) is 44.2 Å². The van der Waals surface area contributed by atoms with Crippen molar-refractivity contribution in [3.8, 4) is 0 Å². The standard InChI is InChI=1S/C16H20N2S/c1-11(2)14-10-19-16(18-14)15(17-13-8-9-13)12-6-4-3-5-7-12/h3-7,10-11,13,15,17H,8-9H2,1-2H3. The van der Waals surface area contributed by atoms with E-state index in [0.717, 1.165) is 0 Å². The molecule has 0 saturated heterocycles. The van der Waals surface area contributed by atoms with Crippen molar-refractivity contribution in [3.63, 3.8) is 0 Å². The zero-order valence-electron chi connectivity index (χ0n) is 11.5. The van der Waals surface area contributed by atoms with Crippen LogP contribution in [0, 0.1) is 0 Å². The molecular formula is C16H20N2S. The van der Waals surface area contributed by atoms with Crippen LogP contribution in [0.25, 0.3) is 0 Å². The SMILES string of the molecule is CC(C)c1csc(C(NC2CC2)c2ccccc2)n1. The summed E-state index contributed by atoms with van der Waals surface area (Å²) in [4.78, 5) is 4.82. The second kappa shape index (κ2) is 5.43. The Kier molecular flexibility index (Phi) is 3.67. The zero-order valence-corrected chi connectivity index (χ0v) is 12.3. The van der Waals surface area contributed by atoms with Crippen molar-refractivity contribution in [2.45, 2.75) is 44.7 Å². The van der Waals surface area contributed by atoms with Gasteiger partial charge >= 0.3 is 0 Å². The highest BCUT2D eigenvalue weighted by Crippen LogP contribution is 2.31. The minimum Gasteiger partial charge on any atom is -0.301 e. The predicted octanol–water partition coefficient (Wildman–Crippen LogP) is 4.11. The highest BCUT2D eigenvalue weighted by molar-refractivity contribution is 7.09. The van der Waals surface area contributed by atoms with Crippen LogP contribution in [0.5, 0.6) is 0 Å². The third-order valence-electron chi connectivity index (χ3n) is 3.49. The van der Waals surface area contributed by atoms with E-state index in [0.29, 0.717) is 12.0 Å². The van der Waals surface area contributed by atoms with Gasteiger partial charge in [0.2, 0.25) is 0 Å². The van der Waals surface area contributed by atoms with Crippen molar-refractivity contribution in [3.05, 3.63) is 52.0 Å². The van der Waals surface area contributed by atoms with E-state index in [1.807, 2.05) is 0 Å². The van der Waals surface area contributed by atoms with Crippen LogP contribution in [-0.4, -0.2) is 11.0 Å². The molecule has 1 unspecified atom stereocenters. The molecule has 0 aliphatic heterocycles. The van der Waals surface area contributed by atoms with E-state index >= 15 is 0 Å². The van der Waals surface area contributed by atoms with Crippen LogP contribution in [0.15, 0.2) is 35.7 Å². The second-order valence-electron chi connectivity index (χ2n) is 5.55. The van der Waals surface area contributed by atoms with Crippen LogP contribution >= 0.6 is 11.3 Å². The molecule has 0 bridgehead atoms. The van der Waals surface area contributed by atoms with Gasteiger partial charge < -0.3 is 5.32 Å². The number of hydrogen-bond donors (Lipinski definition) is 1. The van der Waals surface area contributed by atoms with E-state index in [-0.39, 0.29) is 6.04 Å². The second-order valence-corrected chi connectivity index (χ2v) is 6.44. The van der Waals surface area contributed by atoms with Crippen LogP contribution in [-0.2, 0) is 0 Å². The smallest absolute Gasteiger partial charge is 0.114 e. The Hall–Kier alpha value is -1.19. The van der Waals surface area contributed by atoms with Crippen molar-refractivity contribution in [1.29, 1.82) is 0 Å². The molecule has 1 atom stereocenters. The van der Waals surface area contributed by atoms with Crippen molar-refractivity contribution in [2.75, 3.05) is 0 Å². The quantitative estimate of drug-likeness (QED) is 0.886. The number of nitrogens with zero attached hydrogens (tertiary/aromatic N) is 1. The lowest BCUT2D eigenvalue weighted by Crippen LogP contribution is -2.24. The summed E-state index contributed by atoms with van der Waals surface area (Å²) in [5.74, 6) is 0.502. The van der Waals surface area contributed by atoms with Crippen molar-refractivity contribution in [1.82, 2.24) is 10.3 Å². The maximum Gasteiger partial charge on any atom is 0.114 e. The lowest BCUT2D eigenvalue weighted by Gasteiger charge is -2.16. The molecule has 2 nitrogen and oxygen atoms in total. The molecule has 3 rings (SSSR count). The highest BCUT2D eigenvalue weighted by atomic mass is 32.1. The molecule has 100 valence electrons. The molecule has 0 radical (unpaired) electrons. The Balaban J connectivity index is 1.89. The Morgan fingerprint density at radius 1 is 1.21 bits per heavy atom. The average molecular weight is 272 g/mol. The van der Waals surface area contributed by atoms with Crippen molar-refractivity contribution in [2.24, 2.45) is 0 Å². The summed E-state index contributed by atoms with van der Waals surface area (Å²) in [6, 6.07) is 11.6. The van der Waals surface area contributed by atoms with Gasteiger partial charge in [0.1, 0.15) is 5.01 Å². The first-order valence-electron chi connectivity index (χ1n) is 7.00. The third kappa shape index (κ3) is 3.04. The van der Waals surface area contributed by atoms with Crippen LogP contribution < -0.4 is 5.32 Å². The molecule has 1 fully saturated rings. The third-order valence-corrected chi connectivity index (χ3v) is 4.42. The van der Waals surface area contributed by atoms with Crippen LogP contribution in [0.4, 0.5) is 0 Å². The number of hydrogen-bond acceptors (Lipinski definition) is 3. The number of benzene rings is 1. The average Bonchev–Trinajstić information content (AvgIpc) is 3.11. The van der Waals surface area contributed by atoms with Gasteiger partial charge in [-0.3, -0.25) is 0 Å². The van der Waals surface area contributed by atoms with Crippen molar-refractivity contribution < 1.29 is 0 Å². The fraction of sp³-hybridized carbons (Fsp3) is 0.438. The first-order chi connectivity index (χ1) is 9.24. The van der Waals surface area contributed by atoms with Gasteiger partial charge in [-0.2, -0.15) is 0 Å².